The Morgan fingerprint density at radius 3 is 2.43 bits per heavy atom. The molecule has 2 aliphatic rings. The number of rotatable bonds is 2. The molecule has 0 aromatic carbocycles. The molecule has 0 spiro atoms. The smallest absolute Gasteiger partial charge is 0.0777 e. The van der Waals surface area contributed by atoms with E-state index in [0.717, 1.165) is 32.4 Å². The summed E-state index contributed by atoms with van der Waals surface area (Å²) < 4.78 is 0. The second-order valence-electron chi connectivity index (χ2n) is 5.70. The molecule has 1 saturated heterocycles. The number of piperidine rings is 1. The minimum absolute atomic E-state index is 0.405. The molecule has 2 heteroatoms. The van der Waals surface area contributed by atoms with Crippen molar-refractivity contribution < 1.29 is 5.11 Å². The molecule has 1 saturated carbocycles. The van der Waals surface area contributed by atoms with E-state index >= 15 is 0 Å². The third kappa shape index (κ3) is 2.29. The Morgan fingerprint density at radius 1 is 1.14 bits per heavy atom. The van der Waals surface area contributed by atoms with E-state index in [2.05, 4.69) is 12.2 Å². The predicted octanol–water partition coefficient (Wildman–Crippen LogP) is 2.07. The molecule has 82 valence electrons. The molecule has 1 aliphatic carbocycles. The normalized spacial score (nSPS) is 37.3. The molecular formula is C12H23NO. The van der Waals surface area contributed by atoms with Crippen LogP contribution in [0.2, 0.25) is 0 Å². The molecule has 0 bridgehead atoms. The van der Waals surface area contributed by atoms with Crippen molar-refractivity contribution in [3.63, 3.8) is 0 Å². The van der Waals surface area contributed by atoms with Gasteiger partial charge in [0.15, 0.2) is 0 Å². The van der Waals surface area contributed by atoms with E-state index in [1.54, 1.807) is 0 Å². The van der Waals surface area contributed by atoms with E-state index in [-0.39, 0.29) is 0 Å². The number of nitrogens with one attached hydrogen (secondary N) is 1. The van der Waals surface area contributed by atoms with Crippen molar-refractivity contribution in [2.24, 2.45) is 5.41 Å². The fourth-order valence-electron chi connectivity index (χ4n) is 3.30. The molecule has 2 rings (SSSR count). The average Bonchev–Trinajstić information content (AvgIpc) is 2.52. The largest absolute Gasteiger partial charge is 0.389 e. The van der Waals surface area contributed by atoms with Gasteiger partial charge in [0.1, 0.15) is 0 Å². The van der Waals surface area contributed by atoms with Gasteiger partial charge in [0.05, 0.1) is 5.60 Å². The highest BCUT2D eigenvalue weighted by molar-refractivity contribution is 4.93. The minimum atomic E-state index is -0.405. The SMILES string of the molecule is CC1(CC2(O)CCCNC2)CCCC1. The Balaban J connectivity index is 1.94. The molecule has 0 amide bonds. The van der Waals surface area contributed by atoms with Crippen LogP contribution in [0, 0.1) is 5.41 Å². The van der Waals surface area contributed by atoms with Crippen LogP contribution < -0.4 is 5.32 Å². The number of β-amino-alcohol motifs (C(OH)–C–C–N with tert-alkyl or cyclic N) is 1. The zero-order valence-electron chi connectivity index (χ0n) is 9.31. The summed E-state index contributed by atoms with van der Waals surface area (Å²) >= 11 is 0. The van der Waals surface area contributed by atoms with Gasteiger partial charge in [-0.05, 0) is 44.1 Å². The summed E-state index contributed by atoms with van der Waals surface area (Å²) in [6, 6.07) is 0. The van der Waals surface area contributed by atoms with Crippen LogP contribution in [0.4, 0.5) is 0 Å². The van der Waals surface area contributed by atoms with Crippen molar-refractivity contribution in [2.75, 3.05) is 13.1 Å². The Morgan fingerprint density at radius 2 is 1.86 bits per heavy atom. The van der Waals surface area contributed by atoms with Gasteiger partial charge in [-0.1, -0.05) is 19.8 Å². The van der Waals surface area contributed by atoms with Crippen molar-refractivity contribution >= 4 is 0 Å². The summed E-state index contributed by atoms with van der Waals surface area (Å²) in [6.45, 7) is 4.24. The van der Waals surface area contributed by atoms with E-state index in [1.807, 2.05) is 0 Å². The standard InChI is InChI=1S/C12H23NO/c1-11(5-2-3-6-11)9-12(14)7-4-8-13-10-12/h13-14H,2-10H2,1H3. The highest BCUT2D eigenvalue weighted by Gasteiger charge is 2.39. The summed E-state index contributed by atoms with van der Waals surface area (Å²) in [7, 11) is 0. The van der Waals surface area contributed by atoms with Gasteiger partial charge < -0.3 is 10.4 Å². The summed E-state index contributed by atoms with van der Waals surface area (Å²) in [5.41, 5.74) is 0.0190. The van der Waals surface area contributed by atoms with Crippen LogP contribution in [-0.4, -0.2) is 23.8 Å². The molecular weight excluding hydrogens is 174 g/mol. The highest BCUT2D eigenvalue weighted by atomic mass is 16.3. The van der Waals surface area contributed by atoms with Crippen LogP contribution in [0.5, 0.6) is 0 Å². The molecule has 2 fully saturated rings. The lowest BCUT2D eigenvalue weighted by molar-refractivity contribution is -0.0238. The second-order valence-corrected chi connectivity index (χ2v) is 5.70. The van der Waals surface area contributed by atoms with Crippen molar-refractivity contribution in [2.45, 2.75) is 57.5 Å². The molecule has 1 atom stereocenters. The maximum absolute atomic E-state index is 10.4. The third-order valence-electron chi connectivity index (χ3n) is 4.02. The topological polar surface area (TPSA) is 32.3 Å². The van der Waals surface area contributed by atoms with Crippen LogP contribution in [0.3, 0.4) is 0 Å². The number of hydrogen-bond donors (Lipinski definition) is 2. The lowest BCUT2D eigenvalue weighted by Gasteiger charge is -2.39. The van der Waals surface area contributed by atoms with Crippen molar-refractivity contribution in [3.8, 4) is 0 Å². The fourth-order valence-corrected chi connectivity index (χ4v) is 3.30. The monoisotopic (exact) mass is 197 g/mol. The molecule has 14 heavy (non-hydrogen) atoms. The fraction of sp³-hybridized carbons (Fsp3) is 1.00. The minimum Gasteiger partial charge on any atom is -0.389 e. The van der Waals surface area contributed by atoms with Gasteiger partial charge in [-0.2, -0.15) is 0 Å². The van der Waals surface area contributed by atoms with Gasteiger partial charge >= 0.3 is 0 Å². The molecule has 0 aromatic rings. The van der Waals surface area contributed by atoms with E-state index < -0.39 is 5.60 Å². The van der Waals surface area contributed by atoms with Crippen LogP contribution >= 0.6 is 0 Å². The quantitative estimate of drug-likeness (QED) is 0.710. The molecule has 0 radical (unpaired) electrons. The van der Waals surface area contributed by atoms with E-state index in [9.17, 15) is 5.11 Å². The first kappa shape index (κ1) is 10.4. The number of hydrogen-bond acceptors (Lipinski definition) is 2. The zero-order chi connectivity index (χ0) is 10.1. The summed E-state index contributed by atoms with van der Waals surface area (Å²) in [5.74, 6) is 0. The third-order valence-corrected chi connectivity index (χ3v) is 4.02. The molecule has 2 N–H and O–H groups in total. The van der Waals surface area contributed by atoms with Gasteiger partial charge in [-0.3, -0.25) is 0 Å². The lowest BCUT2D eigenvalue weighted by atomic mass is 9.75. The summed E-state index contributed by atoms with van der Waals surface area (Å²) in [5, 5.41) is 13.8. The summed E-state index contributed by atoms with van der Waals surface area (Å²) in [6.07, 6.45) is 8.49. The molecule has 1 heterocycles. The first-order valence-electron chi connectivity index (χ1n) is 6.05. The second kappa shape index (κ2) is 3.82. The van der Waals surface area contributed by atoms with Crippen LogP contribution in [0.25, 0.3) is 0 Å². The van der Waals surface area contributed by atoms with Gasteiger partial charge in [-0.25, -0.2) is 0 Å². The zero-order valence-corrected chi connectivity index (χ0v) is 9.31. The number of aliphatic hydroxyl groups is 1. The van der Waals surface area contributed by atoms with Gasteiger partial charge in [0.2, 0.25) is 0 Å². The Labute approximate surface area is 87.1 Å². The Bertz CT molecular complexity index is 190. The molecule has 2 nitrogen and oxygen atoms in total. The van der Waals surface area contributed by atoms with E-state index in [4.69, 9.17) is 0 Å². The first-order valence-corrected chi connectivity index (χ1v) is 6.05. The lowest BCUT2D eigenvalue weighted by Crippen LogP contribution is -2.48. The molecule has 0 aromatic heterocycles. The van der Waals surface area contributed by atoms with Gasteiger partial charge in [0.25, 0.3) is 0 Å². The average molecular weight is 197 g/mol. The van der Waals surface area contributed by atoms with E-state index in [1.165, 1.54) is 25.7 Å². The predicted molar refractivity (Wildman–Crippen MR) is 58.2 cm³/mol. The van der Waals surface area contributed by atoms with Crippen molar-refractivity contribution in [1.82, 2.24) is 5.32 Å². The van der Waals surface area contributed by atoms with E-state index in [0.29, 0.717) is 5.41 Å². The summed E-state index contributed by atoms with van der Waals surface area (Å²) in [4.78, 5) is 0. The van der Waals surface area contributed by atoms with Gasteiger partial charge in [-0.15, -0.1) is 0 Å². The van der Waals surface area contributed by atoms with Crippen LogP contribution in [0.1, 0.15) is 51.9 Å². The molecule has 1 aliphatic heterocycles. The first-order chi connectivity index (χ1) is 6.62. The highest BCUT2D eigenvalue weighted by Crippen LogP contribution is 2.44. The van der Waals surface area contributed by atoms with Crippen LogP contribution in [0.15, 0.2) is 0 Å². The van der Waals surface area contributed by atoms with Crippen LogP contribution in [-0.2, 0) is 0 Å². The maximum Gasteiger partial charge on any atom is 0.0777 e. The molecule has 1 unspecified atom stereocenters. The Kier molecular flexibility index (Phi) is 2.85. The maximum atomic E-state index is 10.4. The van der Waals surface area contributed by atoms with Gasteiger partial charge in [0, 0.05) is 6.54 Å². The Hall–Kier alpha value is -0.0800. The van der Waals surface area contributed by atoms with Crippen molar-refractivity contribution in [3.05, 3.63) is 0 Å². The van der Waals surface area contributed by atoms with Crippen molar-refractivity contribution in [1.29, 1.82) is 0 Å².